The zero-order chi connectivity index (χ0) is 21.8. The number of hydrogen-bond acceptors (Lipinski definition) is 6. The maximum absolute atomic E-state index is 10.4. The lowest BCUT2D eigenvalue weighted by Crippen LogP contribution is -2.55. The number of rotatable bonds is 6. The van der Waals surface area contributed by atoms with Crippen LogP contribution in [0.2, 0.25) is 0 Å². The summed E-state index contributed by atoms with van der Waals surface area (Å²) in [5, 5.41) is 49.4. The molecule has 3 rings (SSSR count). The largest absolute Gasteiger partial charge is 0.394 e. The highest BCUT2D eigenvalue weighted by atomic mass is 16.5. The summed E-state index contributed by atoms with van der Waals surface area (Å²) >= 11 is 0. The molecule has 0 spiro atoms. The van der Waals surface area contributed by atoms with E-state index < -0.39 is 37.1 Å². The minimum absolute atomic E-state index is 0.479. The number of nitrogens with zero attached hydrogens (tertiary/aromatic N) is 1. The Balaban J connectivity index is 1.86. The molecule has 0 aliphatic carbocycles. The maximum Gasteiger partial charge on any atom is 0.113 e. The molecule has 0 saturated carbocycles. The van der Waals surface area contributed by atoms with Crippen molar-refractivity contribution in [1.29, 1.82) is 5.26 Å². The van der Waals surface area contributed by atoms with Gasteiger partial charge in [0.25, 0.3) is 0 Å². The van der Waals surface area contributed by atoms with E-state index >= 15 is 0 Å². The standard InChI is InChI=1S/C24H29NO5/c1-14(2)9-15-3-5-16(6-4-15)10-19-11-17(7-8-18(19)12-25)24-23(29)22(28)21(27)20(13-26)30-24/h3-8,11,14,20-24,26-29H,9-10,13H2,1-2H3/t20-,21?,22?,23?,24+/m1/s1. The van der Waals surface area contributed by atoms with Crippen LogP contribution in [0.4, 0.5) is 0 Å². The number of aliphatic hydroxyl groups excluding tert-OH is 4. The molecule has 5 atom stereocenters. The molecule has 0 bridgehead atoms. The van der Waals surface area contributed by atoms with Gasteiger partial charge in [-0.15, -0.1) is 0 Å². The van der Waals surface area contributed by atoms with Crippen molar-refractivity contribution in [2.75, 3.05) is 6.61 Å². The molecule has 1 saturated heterocycles. The van der Waals surface area contributed by atoms with Crippen molar-refractivity contribution in [1.82, 2.24) is 0 Å². The Hall–Kier alpha value is -2.27. The number of hydrogen-bond donors (Lipinski definition) is 4. The Morgan fingerprint density at radius 3 is 2.23 bits per heavy atom. The van der Waals surface area contributed by atoms with Gasteiger partial charge in [0.05, 0.1) is 18.2 Å². The average Bonchev–Trinajstić information content (AvgIpc) is 2.73. The van der Waals surface area contributed by atoms with Crippen LogP contribution >= 0.6 is 0 Å². The van der Waals surface area contributed by atoms with Crippen LogP contribution in [0, 0.1) is 17.2 Å². The second-order valence-corrected chi connectivity index (χ2v) is 8.37. The number of benzene rings is 2. The van der Waals surface area contributed by atoms with Crippen molar-refractivity contribution in [2.24, 2.45) is 5.92 Å². The van der Waals surface area contributed by atoms with Gasteiger partial charge in [-0.25, -0.2) is 0 Å². The Morgan fingerprint density at radius 1 is 0.967 bits per heavy atom. The molecule has 0 radical (unpaired) electrons. The lowest BCUT2D eigenvalue weighted by atomic mass is 9.89. The summed E-state index contributed by atoms with van der Waals surface area (Å²) in [6.07, 6.45) is -4.52. The summed E-state index contributed by atoms with van der Waals surface area (Å²) in [6.45, 7) is 3.88. The number of ether oxygens (including phenoxy) is 1. The van der Waals surface area contributed by atoms with Crippen molar-refractivity contribution >= 4 is 0 Å². The van der Waals surface area contributed by atoms with Crippen LogP contribution in [0.1, 0.15) is 47.8 Å². The third kappa shape index (κ3) is 4.89. The summed E-state index contributed by atoms with van der Waals surface area (Å²) in [4.78, 5) is 0. The molecular formula is C24H29NO5. The van der Waals surface area contributed by atoms with Crippen LogP contribution in [-0.2, 0) is 17.6 Å². The topological polar surface area (TPSA) is 114 Å². The van der Waals surface area contributed by atoms with Crippen molar-refractivity contribution < 1.29 is 25.2 Å². The zero-order valence-electron chi connectivity index (χ0n) is 17.3. The molecule has 160 valence electrons. The molecule has 1 aliphatic heterocycles. The van der Waals surface area contributed by atoms with Gasteiger partial charge in [0, 0.05) is 0 Å². The predicted molar refractivity (Wildman–Crippen MR) is 112 cm³/mol. The monoisotopic (exact) mass is 411 g/mol. The quantitative estimate of drug-likeness (QED) is 0.577. The molecule has 0 aromatic heterocycles. The smallest absolute Gasteiger partial charge is 0.113 e. The summed E-state index contributed by atoms with van der Waals surface area (Å²) in [5.74, 6) is 0.580. The second kappa shape index (κ2) is 9.69. The van der Waals surface area contributed by atoms with Crippen LogP contribution in [-0.4, -0.2) is 51.4 Å². The first-order chi connectivity index (χ1) is 14.3. The predicted octanol–water partition coefficient (Wildman–Crippen LogP) is 1.86. The van der Waals surface area contributed by atoms with Crippen molar-refractivity contribution in [2.45, 2.75) is 57.2 Å². The molecular weight excluding hydrogens is 382 g/mol. The molecule has 1 fully saturated rings. The fourth-order valence-electron chi connectivity index (χ4n) is 3.91. The van der Waals surface area contributed by atoms with Crippen molar-refractivity contribution in [3.05, 3.63) is 70.3 Å². The van der Waals surface area contributed by atoms with E-state index in [-0.39, 0.29) is 0 Å². The Kier molecular flexibility index (Phi) is 7.24. The van der Waals surface area contributed by atoms with Crippen LogP contribution in [0.3, 0.4) is 0 Å². The van der Waals surface area contributed by atoms with E-state index in [9.17, 15) is 25.7 Å². The molecule has 3 unspecified atom stereocenters. The van der Waals surface area contributed by atoms with E-state index in [0.717, 1.165) is 17.5 Å². The highest BCUT2D eigenvalue weighted by molar-refractivity contribution is 5.44. The maximum atomic E-state index is 10.4. The van der Waals surface area contributed by atoms with Gasteiger partial charge in [-0.3, -0.25) is 0 Å². The lowest BCUT2D eigenvalue weighted by Gasteiger charge is -2.40. The highest BCUT2D eigenvalue weighted by Gasteiger charge is 2.44. The van der Waals surface area contributed by atoms with Gasteiger partial charge in [0.15, 0.2) is 0 Å². The molecule has 0 amide bonds. The van der Waals surface area contributed by atoms with E-state index in [1.807, 2.05) is 0 Å². The van der Waals surface area contributed by atoms with Crippen LogP contribution in [0.15, 0.2) is 42.5 Å². The SMILES string of the molecule is CC(C)Cc1ccc(Cc2cc([C@@H]3O[C@H](CO)C(O)C(O)C3O)ccc2C#N)cc1. The van der Waals surface area contributed by atoms with E-state index in [1.54, 1.807) is 18.2 Å². The van der Waals surface area contributed by atoms with Crippen LogP contribution < -0.4 is 0 Å². The average molecular weight is 411 g/mol. The summed E-state index contributed by atoms with van der Waals surface area (Å²) in [7, 11) is 0. The molecule has 4 N–H and O–H groups in total. The third-order valence-electron chi connectivity index (χ3n) is 5.53. The van der Waals surface area contributed by atoms with Gasteiger partial charge >= 0.3 is 0 Å². The Labute approximate surface area is 177 Å². The first-order valence-corrected chi connectivity index (χ1v) is 10.2. The van der Waals surface area contributed by atoms with Gasteiger partial charge in [-0.2, -0.15) is 5.26 Å². The highest BCUT2D eigenvalue weighted by Crippen LogP contribution is 2.33. The molecule has 2 aromatic rings. The lowest BCUT2D eigenvalue weighted by molar-refractivity contribution is -0.231. The third-order valence-corrected chi connectivity index (χ3v) is 5.53. The van der Waals surface area contributed by atoms with E-state index in [1.165, 1.54) is 5.56 Å². The van der Waals surface area contributed by atoms with E-state index in [0.29, 0.717) is 23.5 Å². The number of aliphatic hydroxyl groups is 4. The minimum atomic E-state index is -1.44. The van der Waals surface area contributed by atoms with Gasteiger partial charge in [0.2, 0.25) is 0 Å². The first-order valence-electron chi connectivity index (χ1n) is 10.2. The zero-order valence-corrected chi connectivity index (χ0v) is 17.3. The van der Waals surface area contributed by atoms with Gasteiger partial charge in [-0.1, -0.05) is 50.2 Å². The number of nitriles is 1. The summed E-state index contributed by atoms with van der Waals surface area (Å²) < 4.78 is 5.66. The molecule has 6 heteroatoms. The van der Waals surface area contributed by atoms with E-state index in [2.05, 4.69) is 44.2 Å². The van der Waals surface area contributed by atoms with Crippen LogP contribution in [0.25, 0.3) is 0 Å². The molecule has 6 nitrogen and oxygen atoms in total. The van der Waals surface area contributed by atoms with Crippen LogP contribution in [0.5, 0.6) is 0 Å². The summed E-state index contributed by atoms with van der Waals surface area (Å²) in [6, 6.07) is 15.6. The van der Waals surface area contributed by atoms with Gasteiger partial charge in [0.1, 0.15) is 30.5 Å². The summed E-state index contributed by atoms with van der Waals surface area (Å²) in [5.41, 5.74) is 4.21. The van der Waals surface area contributed by atoms with E-state index in [4.69, 9.17) is 4.74 Å². The fraction of sp³-hybridized carbons (Fsp3) is 0.458. The molecule has 1 heterocycles. The normalized spacial score (nSPS) is 26.5. The Morgan fingerprint density at radius 2 is 1.63 bits per heavy atom. The van der Waals surface area contributed by atoms with Crippen molar-refractivity contribution in [3.8, 4) is 6.07 Å². The first kappa shape index (κ1) is 22.4. The van der Waals surface area contributed by atoms with Crippen molar-refractivity contribution in [3.63, 3.8) is 0 Å². The fourth-order valence-corrected chi connectivity index (χ4v) is 3.91. The van der Waals surface area contributed by atoms with Gasteiger partial charge in [-0.05, 0) is 47.1 Å². The molecule has 2 aromatic carbocycles. The Bertz CT molecular complexity index is 887. The molecule has 1 aliphatic rings. The second-order valence-electron chi connectivity index (χ2n) is 8.37. The minimum Gasteiger partial charge on any atom is -0.394 e. The molecule has 30 heavy (non-hydrogen) atoms. The van der Waals surface area contributed by atoms with Gasteiger partial charge < -0.3 is 25.2 Å².